The molecule has 0 amide bonds. The minimum atomic E-state index is -0.929. The fraction of sp³-hybridized carbons (Fsp3) is 0.231. The van der Waals surface area contributed by atoms with Gasteiger partial charge in [-0.05, 0) is 45.2 Å². The van der Waals surface area contributed by atoms with Crippen LogP contribution in [0.2, 0.25) is 0 Å². The Morgan fingerprint density at radius 3 is 1.93 bits per heavy atom. The van der Waals surface area contributed by atoms with Gasteiger partial charge in [-0.1, -0.05) is 72.8 Å². The summed E-state index contributed by atoms with van der Waals surface area (Å²) in [4.78, 5) is 23.5. The molecule has 3 aromatic carbocycles. The summed E-state index contributed by atoms with van der Waals surface area (Å²) < 4.78 is 0. The lowest BCUT2D eigenvalue weighted by atomic mass is 9.77. The number of fused-ring (bicyclic) bond motifs is 2. The van der Waals surface area contributed by atoms with Gasteiger partial charge in [0.1, 0.15) is 0 Å². The number of carbonyl (C=O) groups is 2. The Morgan fingerprint density at radius 2 is 1.27 bits per heavy atom. The van der Waals surface area contributed by atoms with Crippen molar-refractivity contribution in [2.45, 2.75) is 37.5 Å². The van der Waals surface area contributed by atoms with Crippen LogP contribution < -0.4 is 10.4 Å². The third kappa shape index (κ3) is 4.28. The van der Waals surface area contributed by atoms with Crippen molar-refractivity contribution in [1.82, 2.24) is 0 Å². The molecule has 152 valence electrons. The maximum absolute atomic E-state index is 11.7. The lowest BCUT2D eigenvalue weighted by Crippen LogP contribution is -2.28. The molecular weight excluding hydrogens is 376 g/mol. The number of rotatable bonds is 7. The molecule has 0 aromatic heterocycles. The molecule has 3 aromatic rings. The van der Waals surface area contributed by atoms with Crippen LogP contribution in [-0.2, 0) is 9.59 Å². The first-order valence-corrected chi connectivity index (χ1v) is 10.2. The van der Waals surface area contributed by atoms with E-state index in [-0.39, 0.29) is 12.8 Å². The summed E-state index contributed by atoms with van der Waals surface area (Å²) in [6.07, 6.45) is 6.08. The first-order valence-electron chi connectivity index (χ1n) is 10.2. The summed E-state index contributed by atoms with van der Waals surface area (Å²) >= 11 is 0. The number of carboxylic acids is 2. The van der Waals surface area contributed by atoms with Crippen molar-refractivity contribution >= 4 is 34.9 Å². The largest absolute Gasteiger partial charge is 0.481 e. The van der Waals surface area contributed by atoms with E-state index in [4.69, 9.17) is 0 Å². The molecule has 0 heterocycles. The summed E-state index contributed by atoms with van der Waals surface area (Å²) in [6.45, 7) is 0. The van der Waals surface area contributed by atoms with Gasteiger partial charge < -0.3 is 10.2 Å². The van der Waals surface area contributed by atoms with E-state index in [0.717, 1.165) is 45.2 Å². The van der Waals surface area contributed by atoms with Crippen LogP contribution in [0, 0.1) is 0 Å². The Bertz CT molecular complexity index is 1230. The van der Waals surface area contributed by atoms with Gasteiger partial charge in [-0.15, -0.1) is 0 Å². The molecule has 2 N–H and O–H groups in total. The van der Waals surface area contributed by atoms with Crippen molar-refractivity contribution in [3.63, 3.8) is 0 Å². The second kappa shape index (κ2) is 8.54. The highest BCUT2D eigenvalue weighted by Crippen LogP contribution is 2.39. The molecule has 0 spiro atoms. The number of hydrogen-bond donors (Lipinski definition) is 2. The van der Waals surface area contributed by atoms with Gasteiger partial charge in [0.25, 0.3) is 0 Å². The smallest absolute Gasteiger partial charge is 0.303 e. The van der Waals surface area contributed by atoms with Crippen LogP contribution in [-0.4, -0.2) is 22.2 Å². The zero-order chi connectivity index (χ0) is 21.1. The second-order valence-electron chi connectivity index (χ2n) is 7.89. The molecule has 4 rings (SSSR count). The van der Waals surface area contributed by atoms with Gasteiger partial charge in [-0.3, -0.25) is 9.59 Å². The summed E-state index contributed by atoms with van der Waals surface area (Å²) in [6, 6.07) is 19.8. The molecule has 0 aliphatic heterocycles. The minimum absolute atomic E-state index is 0.118. The Labute approximate surface area is 174 Å². The molecule has 1 aliphatic carbocycles. The van der Waals surface area contributed by atoms with E-state index in [1.54, 1.807) is 0 Å². The van der Waals surface area contributed by atoms with Crippen LogP contribution in [0.25, 0.3) is 22.9 Å². The van der Waals surface area contributed by atoms with Crippen molar-refractivity contribution < 1.29 is 19.8 Å². The zero-order valence-corrected chi connectivity index (χ0v) is 16.6. The van der Waals surface area contributed by atoms with Crippen LogP contribution in [0.1, 0.15) is 48.6 Å². The van der Waals surface area contributed by atoms with Crippen LogP contribution >= 0.6 is 0 Å². The van der Waals surface area contributed by atoms with Gasteiger partial charge in [-0.2, -0.15) is 0 Å². The average Bonchev–Trinajstić information content (AvgIpc) is 2.75. The first-order chi connectivity index (χ1) is 14.5. The summed E-state index contributed by atoms with van der Waals surface area (Å²) in [5.41, 5.74) is 1.73. The summed E-state index contributed by atoms with van der Waals surface area (Å²) in [5, 5.41) is 23.6. The van der Waals surface area contributed by atoms with Gasteiger partial charge in [0.15, 0.2) is 0 Å². The molecule has 0 bridgehead atoms. The highest BCUT2D eigenvalue weighted by atomic mass is 16.4. The highest BCUT2D eigenvalue weighted by molar-refractivity contribution is 5.83. The molecule has 2 unspecified atom stereocenters. The standard InChI is InChI=1S/C26H24O4/c27-25(28)15-23(21-11-9-17-5-1-3-7-19(17)13-21)24(16-26(29)30)22-12-10-18-6-2-4-8-20(18)14-22/h1,3,5-14,23-24H,2,4,15-16H2,(H,27,28)(H,29,30). The van der Waals surface area contributed by atoms with E-state index in [2.05, 4.69) is 12.2 Å². The molecule has 30 heavy (non-hydrogen) atoms. The normalized spacial score (nSPS) is 14.8. The van der Waals surface area contributed by atoms with Gasteiger partial charge in [-0.25, -0.2) is 0 Å². The van der Waals surface area contributed by atoms with Crippen molar-refractivity contribution in [3.8, 4) is 0 Å². The van der Waals surface area contributed by atoms with Crippen molar-refractivity contribution in [2.24, 2.45) is 0 Å². The van der Waals surface area contributed by atoms with E-state index in [0.29, 0.717) is 0 Å². The van der Waals surface area contributed by atoms with Gasteiger partial charge >= 0.3 is 11.9 Å². The molecule has 0 fully saturated rings. The third-order valence-electron chi connectivity index (χ3n) is 5.91. The Hall–Kier alpha value is -3.40. The first kappa shape index (κ1) is 19.9. The highest BCUT2D eigenvalue weighted by Gasteiger charge is 2.29. The fourth-order valence-electron chi connectivity index (χ4n) is 4.46. The van der Waals surface area contributed by atoms with Gasteiger partial charge in [0, 0.05) is 11.8 Å². The predicted octanol–water partition coefficient (Wildman–Crippen LogP) is 4.01. The maximum Gasteiger partial charge on any atom is 0.303 e. The topological polar surface area (TPSA) is 74.6 Å². The van der Waals surface area contributed by atoms with E-state index in [1.165, 1.54) is 0 Å². The molecule has 0 radical (unpaired) electrons. The lowest BCUT2D eigenvalue weighted by Gasteiger charge is -2.26. The van der Waals surface area contributed by atoms with Gasteiger partial charge in [0.05, 0.1) is 12.8 Å². The van der Waals surface area contributed by atoms with E-state index in [9.17, 15) is 19.8 Å². The van der Waals surface area contributed by atoms with E-state index in [1.807, 2.05) is 60.7 Å². The molecule has 0 saturated carbocycles. The molecule has 4 nitrogen and oxygen atoms in total. The maximum atomic E-state index is 11.7. The van der Waals surface area contributed by atoms with Crippen LogP contribution in [0.15, 0.2) is 60.7 Å². The van der Waals surface area contributed by atoms with Crippen LogP contribution in [0.5, 0.6) is 0 Å². The number of hydrogen-bond acceptors (Lipinski definition) is 2. The second-order valence-corrected chi connectivity index (χ2v) is 7.89. The van der Waals surface area contributed by atoms with Crippen LogP contribution in [0.3, 0.4) is 0 Å². The number of aliphatic carboxylic acids is 2. The molecular formula is C26H24O4. The Balaban J connectivity index is 1.83. The SMILES string of the molecule is O=C(O)CC(c1ccc2c(c1)=CCCC=2)C(CC(=O)O)c1ccc2ccccc2c1. The molecule has 4 heteroatoms. The summed E-state index contributed by atoms with van der Waals surface area (Å²) in [5.74, 6) is -2.72. The minimum Gasteiger partial charge on any atom is -0.481 e. The molecule has 0 saturated heterocycles. The molecule has 1 aliphatic rings. The van der Waals surface area contributed by atoms with E-state index >= 15 is 0 Å². The fourth-order valence-corrected chi connectivity index (χ4v) is 4.46. The monoisotopic (exact) mass is 400 g/mol. The van der Waals surface area contributed by atoms with Gasteiger partial charge in [0.2, 0.25) is 0 Å². The molecule has 2 atom stereocenters. The Morgan fingerprint density at radius 1 is 0.700 bits per heavy atom. The number of benzene rings is 3. The van der Waals surface area contributed by atoms with Crippen LogP contribution in [0.4, 0.5) is 0 Å². The average molecular weight is 400 g/mol. The van der Waals surface area contributed by atoms with Crippen molar-refractivity contribution in [3.05, 3.63) is 82.2 Å². The Kier molecular flexibility index (Phi) is 5.66. The van der Waals surface area contributed by atoms with Crippen molar-refractivity contribution in [2.75, 3.05) is 0 Å². The summed E-state index contributed by atoms with van der Waals surface area (Å²) in [7, 11) is 0. The lowest BCUT2D eigenvalue weighted by molar-refractivity contribution is -0.140. The predicted molar refractivity (Wildman–Crippen MR) is 118 cm³/mol. The van der Waals surface area contributed by atoms with Crippen molar-refractivity contribution in [1.29, 1.82) is 0 Å². The third-order valence-corrected chi connectivity index (χ3v) is 5.91. The van der Waals surface area contributed by atoms with E-state index < -0.39 is 23.8 Å². The number of carboxylic acid groups (broad SMARTS) is 2. The zero-order valence-electron chi connectivity index (χ0n) is 16.6. The quantitative estimate of drug-likeness (QED) is 0.628.